The monoisotopic (exact) mass is 437 g/mol. The summed E-state index contributed by atoms with van der Waals surface area (Å²) in [5.41, 5.74) is 1.11. The zero-order valence-corrected chi connectivity index (χ0v) is 17.7. The lowest BCUT2D eigenvalue weighted by atomic mass is 10.0. The van der Waals surface area contributed by atoms with E-state index in [-0.39, 0.29) is 30.5 Å². The Kier molecular flexibility index (Phi) is 8.52. The van der Waals surface area contributed by atoms with Gasteiger partial charge < -0.3 is 25.4 Å². The molecular formula is C21H28FN3O6. The highest BCUT2D eigenvalue weighted by atomic mass is 19.1. The Morgan fingerprint density at radius 1 is 1.19 bits per heavy atom. The number of benzene rings is 1. The minimum atomic E-state index is -1.23. The molecular weight excluding hydrogens is 409 g/mol. The first-order chi connectivity index (χ1) is 14.6. The van der Waals surface area contributed by atoms with Crippen molar-refractivity contribution < 1.29 is 34.0 Å². The quantitative estimate of drug-likeness (QED) is 0.421. The van der Waals surface area contributed by atoms with Crippen LogP contribution in [-0.2, 0) is 4.79 Å². The normalized spacial score (nSPS) is 13.1. The Morgan fingerprint density at radius 3 is 2.39 bits per heavy atom. The molecule has 0 aliphatic heterocycles. The number of aliphatic hydroxyl groups excluding tert-OH is 2. The summed E-state index contributed by atoms with van der Waals surface area (Å²) in [5.74, 6) is -1.97. The first kappa shape index (κ1) is 24.3. The number of amides is 1. The van der Waals surface area contributed by atoms with E-state index in [1.54, 1.807) is 6.92 Å². The Morgan fingerprint density at radius 2 is 1.84 bits per heavy atom. The topological polar surface area (TPSA) is 134 Å². The average Bonchev–Trinajstić information content (AvgIpc) is 3.06. The van der Waals surface area contributed by atoms with Gasteiger partial charge in [0.25, 0.3) is 5.91 Å². The van der Waals surface area contributed by atoms with Crippen molar-refractivity contribution in [3.05, 3.63) is 41.3 Å². The predicted octanol–water partition coefficient (Wildman–Crippen LogP) is 1.85. The minimum Gasteiger partial charge on any atom is -0.481 e. The number of carbonyl (C=O) groups excluding carboxylic acids is 1. The zero-order chi connectivity index (χ0) is 23.1. The average molecular weight is 437 g/mol. The molecule has 0 radical (unpaired) electrons. The van der Waals surface area contributed by atoms with E-state index in [0.29, 0.717) is 17.8 Å². The Balaban J connectivity index is 2.38. The van der Waals surface area contributed by atoms with Gasteiger partial charge in [0.05, 0.1) is 24.3 Å². The highest BCUT2D eigenvalue weighted by Gasteiger charge is 2.28. The highest BCUT2D eigenvalue weighted by Crippen LogP contribution is 2.33. The molecule has 4 N–H and O–H groups in total. The number of carboxylic acid groups (broad SMARTS) is 1. The molecule has 1 aromatic heterocycles. The molecule has 0 fully saturated rings. The second-order valence-electron chi connectivity index (χ2n) is 7.42. The molecule has 2 unspecified atom stereocenters. The van der Waals surface area contributed by atoms with Crippen molar-refractivity contribution in [1.82, 2.24) is 15.1 Å². The molecule has 2 aromatic rings. The Bertz CT molecular complexity index is 897. The molecule has 1 aromatic carbocycles. The molecule has 170 valence electrons. The first-order valence-electron chi connectivity index (χ1n) is 10.0. The summed E-state index contributed by atoms with van der Waals surface area (Å²) in [6.07, 6.45) is -3.08. The smallest absolute Gasteiger partial charge is 0.305 e. The van der Waals surface area contributed by atoms with Gasteiger partial charge in [0.2, 0.25) is 5.88 Å². The lowest BCUT2D eigenvalue weighted by Gasteiger charge is -2.17. The molecule has 2 atom stereocenters. The summed E-state index contributed by atoms with van der Waals surface area (Å²) in [6.45, 7) is 5.62. The maximum absolute atomic E-state index is 13.4. The summed E-state index contributed by atoms with van der Waals surface area (Å²) < 4.78 is 20.6. The molecule has 1 heterocycles. The van der Waals surface area contributed by atoms with Crippen molar-refractivity contribution in [2.75, 3.05) is 13.2 Å². The second kappa shape index (κ2) is 10.9. The number of carbonyl (C=O) groups is 2. The lowest BCUT2D eigenvalue weighted by molar-refractivity contribution is -0.139. The van der Waals surface area contributed by atoms with E-state index >= 15 is 0 Å². The molecule has 0 saturated carbocycles. The van der Waals surface area contributed by atoms with E-state index in [0.717, 1.165) is 0 Å². The van der Waals surface area contributed by atoms with Gasteiger partial charge in [-0.3, -0.25) is 9.59 Å². The molecule has 0 aliphatic rings. The van der Waals surface area contributed by atoms with Crippen LogP contribution in [0.2, 0.25) is 0 Å². The predicted molar refractivity (Wildman–Crippen MR) is 110 cm³/mol. The number of carboxylic acids is 1. The number of halogens is 1. The van der Waals surface area contributed by atoms with Crippen molar-refractivity contribution in [3.63, 3.8) is 0 Å². The molecule has 0 saturated heterocycles. The number of nitrogens with one attached hydrogen (secondary N) is 1. The zero-order valence-electron chi connectivity index (χ0n) is 17.7. The van der Waals surface area contributed by atoms with Crippen LogP contribution in [0.15, 0.2) is 24.3 Å². The third-order valence-corrected chi connectivity index (χ3v) is 4.45. The largest absolute Gasteiger partial charge is 0.481 e. The molecule has 1 amide bonds. The third-order valence-electron chi connectivity index (χ3n) is 4.45. The van der Waals surface area contributed by atoms with E-state index in [1.807, 2.05) is 13.8 Å². The highest BCUT2D eigenvalue weighted by molar-refractivity contribution is 5.94. The fourth-order valence-electron chi connectivity index (χ4n) is 3.09. The van der Waals surface area contributed by atoms with Crippen molar-refractivity contribution in [3.8, 4) is 11.6 Å². The summed E-state index contributed by atoms with van der Waals surface area (Å²) >= 11 is 0. The Hall–Kier alpha value is -2.98. The van der Waals surface area contributed by atoms with Gasteiger partial charge in [-0.05, 0) is 37.1 Å². The molecule has 0 spiro atoms. The second-order valence-corrected chi connectivity index (χ2v) is 7.42. The molecule has 31 heavy (non-hydrogen) atoms. The maximum Gasteiger partial charge on any atom is 0.305 e. The van der Waals surface area contributed by atoms with Crippen LogP contribution in [0.5, 0.6) is 5.88 Å². The van der Waals surface area contributed by atoms with Crippen molar-refractivity contribution in [1.29, 1.82) is 0 Å². The number of hydrogen-bond donors (Lipinski definition) is 4. The molecule has 0 bridgehead atoms. The fraction of sp³-hybridized carbons (Fsp3) is 0.476. The van der Waals surface area contributed by atoms with Gasteiger partial charge in [-0.2, -0.15) is 5.10 Å². The molecule has 0 aliphatic carbocycles. The van der Waals surface area contributed by atoms with Gasteiger partial charge in [0.15, 0.2) is 5.69 Å². The van der Waals surface area contributed by atoms with Crippen LogP contribution in [0, 0.1) is 5.82 Å². The number of aromatic nitrogens is 2. The van der Waals surface area contributed by atoms with Gasteiger partial charge >= 0.3 is 5.97 Å². The molecule has 2 rings (SSSR count). The van der Waals surface area contributed by atoms with E-state index in [9.17, 15) is 24.2 Å². The van der Waals surface area contributed by atoms with Crippen LogP contribution >= 0.6 is 0 Å². The SMILES string of the molecule is CCNC(=O)c1nn(-c2ccc(F)cc2)c(OCC(O)CC(O)CC(=O)O)c1C(C)C. The number of aliphatic hydroxyl groups is 2. The fourth-order valence-corrected chi connectivity index (χ4v) is 3.09. The van der Waals surface area contributed by atoms with Gasteiger partial charge in [-0.1, -0.05) is 13.8 Å². The number of ether oxygens (including phenoxy) is 1. The van der Waals surface area contributed by atoms with Gasteiger partial charge in [0, 0.05) is 18.5 Å². The molecule has 10 heteroatoms. The van der Waals surface area contributed by atoms with E-state index in [4.69, 9.17) is 9.84 Å². The minimum absolute atomic E-state index is 0.150. The summed E-state index contributed by atoms with van der Waals surface area (Å²) in [5, 5.41) is 35.7. The van der Waals surface area contributed by atoms with E-state index < -0.39 is 36.3 Å². The third kappa shape index (κ3) is 6.50. The first-order valence-corrected chi connectivity index (χ1v) is 10.0. The van der Waals surface area contributed by atoms with Gasteiger partial charge in [0.1, 0.15) is 12.4 Å². The number of aliphatic carboxylic acids is 1. The molecule has 9 nitrogen and oxygen atoms in total. The number of hydrogen-bond acceptors (Lipinski definition) is 6. The lowest BCUT2D eigenvalue weighted by Crippen LogP contribution is -2.26. The van der Waals surface area contributed by atoms with Crippen molar-refractivity contribution in [2.45, 2.75) is 51.7 Å². The van der Waals surface area contributed by atoms with Crippen molar-refractivity contribution in [2.24, 2.45) is 0 Å². The number of nitrogens with zero attached hydrogens (tertiary/aromatic N) is 2. The van der Waals surface area contributed by atoms with Crippen LogP contribution in [0.4, 0.5) is 4.39 Å². The van der Waals surface area contributed by atoms with Crippen LogP contribution in [0.25, 0.3) is 5.69 Å². The van der Waals surface area contributed by atoms with Crippen LogP contribution in [-0.4, -0.2) is 62.3 Å². The summed E-state index contributed by atoms with van der Waals surface area (Å²) in [7, 11) is 0. The van der Waals surface area contributed by atoms with E-state index in [1.165, 1.54) is 28.9 Å². The Labute approximate surface area is 179 Å². The summed E-state index contributed by atoms with van der Waals surface area (Å²) in [4.78, 5) is 23.3. The van der Waals surface area contributed by atoms with Gasteiger partial charge in [-0.25, -0.2) is 9.07 Å². The van der Waals surface area contributed by atoms with E-state index in [2.05, 4.69) is 10.4 Å². The summed E-state index contributed by atoms with van der Waals surface area (Å²) in [6, 6.07) is 5.46. The van der Waals surface area contributed by atoms with Crippen LogP contribution in [0.3, 0.4) is 0 Å². The maximum atomic E-state index is 13.4. The van der Waals surface area contributed by atoms with Gasteiger partial charge in [-0.15, -0.1) is 0 Å². The van der Waals surface area contributed by atoms with Crippen LogP contribution in [0.1, 0.15) is 55.6 Å². The van der Waals surface area contributed by atoms with Crippen molar-refractivity contribution >= 4 is 11.9 Å². The standard InChI is InChI=1S/C21H28FN3O6/c1-4-23-20(30)19-18(12(2)3)21(25(24-19)14-7-5-13(22)6-8-14)31-11-16(27)9-15(26)10-17(28)29/h5-8,12,15-16,26-27H,4,9-11H2,1-3H3,(H,23,30)(H,28,29). The van der Waals surface area contributed by atoms with Crippen LogP contribution < -0.4 is 10.1 Å². The number of rotatable bonds is 11.